The first-order chi connectivity index (χ1) is 16.8. The van der Waals surface area contributed by atoms with Crippen LogP contribution in [0.15, 0.2) is 30.3 Å². The second-order valence-electron chi connectivity index (χ2n) is 11.1. The fourth-order valence-electron chi connectivity index (χ4n) is 4.89. The molecule has 1 heterocycles. The van der Waals surface area contributed by atoms with E-state index < -0.39 is 17.7 Å². The Morgan fingerprint density at radius 2 is 1.69 bits per heavy atom. The molecule has 0 unspecified atom stereocenters. The van der Waals surface area contributed by atoms with Crippen LogP contribution >= 0.6 is 11.8 Å². The second kappa shape index (κ2) is 14.1. The lowest BCUT2D eigenvalue weighted by Gasteiger charge is -2.33. The molecule has 1 aromatic carbocycles. The molecular formula is C28H45N3O3S. The maximum Gasteiger partial charge on any atom is 0.408 e. The molecule has 196 valence electrons. The third kappa shape index (κ3) is 10.8. The van der Waals surface area contributed by atoms with Gasteiger partial charge in [0.1, 0.15) is 11.6 Å². The monoisotopic (exact) mass is 503 g/mol. The summed E-state index contributed by atoms with van der Waals surface area (Å²) in [6.07, 6.45) is 9.20. The van der Waals surface area contributed by atoms with Crippen LogP contribution in [0.3, 0.4) is 0 Å². The summed E-state index contributed by atoms with van der Waals surface area (Å²) in [5, 5.41) is 6.07. The number of hydrogen-bond donors (Lipinski definition) is 2. The summed E-state index contributed by atoms with van der Waals surface area (Å²) in [6, 6.07) is 10.1. The summed E-state index contributed by atoms with van der Waals surface area (Å²) in [5.41, 5.74) is 0.729. The van der Waals surface area contributed by atoms with E-state index in [9.17, 15) is 9.59 Å². The lowest BCUT2D eigenvalue weighted by molar-refractivity contribution is -0.123. The van der Waals surface area contributed by atoms with Crippen molar-refractivity contribution < 1.29 is 14.3 Å². The van der Waals surface area contributed by atoms with Crippen LogP contribution in [0.5, 0.6) is 0 Å². The maximum absolute atomic E-state index is 13.2. The minimum absolute atomic E-state index is 0.0919. The van der Waals surface area contributed by atoms with E-state index in [1.54, 1.807) is 11.8 Å². The van der Waals surface area contributed by atoms with Gasteiger partial charge < -0.3 is 15.4 Å². The SMILES string of the molecule is CC(C)(C)OC(=O)N[C@@H](CSCC1CCCCCC1)C(=O)NC1CCN(Cc2ccccc2)CC1. The molecule has 7 heteroatoms. The molecular weight excluding hydrogens is 458 g/mol. The van der Waals surface area contributed by atoms with Gasteiger partial charge in [-0.15, -0.1) is 0 Å². The highest BCUT2D eigenvalue weighted by molar-refractivity contribution is 7.99. The van der Waals surface area contributed by atoms with Gasteiger partial charge in [0.2, 0.25) is 5.91 Å². The van der Waals surface area contributed by atoms with E-state index in [1.807, 2.05) is 26.8 Å². The summed E-state index contributed by atoms with van der Waals surface area (Å²) in [6.45, 7) is 8.38. The number of carbonyl (C=O) groups excluding carboxylic acids is 2. The summed E-state index contributed by atoms with van der Waals surface area (Å²) in [7, 11) is 0. The first-order valence-electron chi connectivity index (χ1n) is 13.4. The first-order valence-corrected chi connectivity index (χ1v) is 14.6. The van der Waals surface area contributed by atoms with Crippen molar-refractivity contribution >= 4 is 23.8 Å². The summed E-state index contributed by atoms with van der Waals surface area (Å²) in [5.74, 6) is 2.26. The zero-order valence-corrected chi connectivity index (χ0v) is 22.7. The fourth-order valence-corrected chi connectivity index (χ4v) is 6.17. The van der Waals surface area contributed by atoms with Crippen LogP contribution < -0.4 is 10.6 Å². The zero-order chi connectivity index (χ0) is 25.1. The fraction of sp³-hybridized carbons (Fsp3) is 0.714. The molecule has 1 aliphatic heterocycles. The van der Waals surface area contributed by atoms with Gasteiger partial charge in [-0.1, -0.05) is 56.0 Å². The number of carbonyl (C=O) groups is 2. The number of rotatable bonds is 9. The van der Waals surface area contributed by atoms with Crippen LogP contribution in [0.2, 0.25) is 0 Å². The van der Waals surface area contributed by atoms with Crippen molar-refractivity contribution in [3.8, 4) is 0 Å². The smallest absolute Gasteiger partial charge is 0.408 e. The van der Waals surface area contributed by atoms with Crippen LogP contribution in [-0.2, 0) is 16.1 Å². The zero-order valence-electron chi connectivity index (χ0n) is 21.9. The van der Waals surface area contributed by atoms with Gasteiger partial charge in [0.05, 0.1) is 0 Å². The lowest BCUT2D eigenvalue weighted by atomic mass is 10.0. The number of thioether (sulfide) groups is 1. The summed E-state index contributed by atoms with van der Waals surface area (Å²) < 4.78 is 5.45. The van der Waals surface area contributed by atoms with E-state index in [-0.39, 0.29) is 11.9 Å². The Bertz CT molecular complexity index is 767. The van der Waals surface area contributed by atoms with Crippen molar-refractivity contribution in [2.24, 2.45) is 5.92 Å². The van der Waals surface area contributed by atoms with Crippen molar-refractivity contribution in [1.82, 2.24) is 15.5 Å². The Morgan fingerprint density at radius 1 is 1.03 bits per heavy atom. The highest BCUT2D eigenvalue weighted by Crippen LogP contribution is 2.26. The van der Waals surface area contributed by atoms with Gasteiger partial charge in [-0.3, -0.25) is 9.69 Å². The largest absolute Gasteiger partial charge is 0.444 e. The molecule has 2 aliphatic rings. The number of nitrogens with zero attached hydrogens (tertiary/aromatic N) is 1. The van der Waals surface area contributed by atoms with Crippen LogP contribution in [0.1, 0.15) is 77.7 Å². The van der Waals surface area contributed by atoms with E-state index in [0.717, 1.165) is 44.1 Å². The molecule has 0 aromatic heterocycles. The number of nitrogens with one attached hydrogen (secondary N) is 2. The van der Waals surface area contributed by atoms with Crippen molar-refractivity contribution in [1.29, 1.82) is 0 Å². The highest BCUT2D eigenvalue weighted by atomic mass is 32.2. The number of piperidine rings is 1. The molecule has 0 radical (unpaired) electrons. The van der Waals surface area contributed by atoms with Gasteiger partial charge in [0, 0.05) is 31.4 Å². The van der Waals surface area contributed by atoms with Gasteiger partial charge in [0.15, 0.2) is 0 Å². The van der Waals surface area contributed by atoms with E-state index in [1.165, 1.54) is 44.1 Å². The van der Waals surface area contributed by atoms with Gasteiger partial charge in [-0.2, -0.15) is 11.8 Å². The molecule has 2 amide bonds. The number of ether oxygens (including phenoxy) is 1. The number of hydrogen-bond acceptors (Lipinski definition) is 5. The molecule has 3 rings (SSSR count). The van der Waals surface area contributed by atoms with Crippen molar-refractivity contribution in [2.75, 3.05) is 24.6 Å². The standard InChI is InChI=1S/C28H45N3O3S/c1-28(2,3)34-27(33)30-25(21-35-20-23-13-7-4-5-8-14-23)26(32)29-24-15-17-31(18-16-24)19-22-11-9-6-10-12-22/h6,9-12,23-25H,4-5,7-8,13-21H2,1-3H3,(H,29,32)(H,30,33)/t25-/m0/s1. The van der Waals surface area contributed by atoms with Gasteiger partial charge >= 0.3 is 6.09 Å². The normalized spacial score (nSPS) is 19.5. The molecule has 0 bridgehead atoms. The number of alkyl carbamates (subject to hydrolysis) is 1. The third-order valence-electron chi connectivity index (χ3n) is 6.80. The number of likely N-dealkylation sites (tertiary alicyclic amines) is 1. The minimum Gasteiger partial charge on any atom is -0.444 e. The van der Waals surface area contributed by atoms with Crippen molar-refractivity contribution in [3.05, 3.63) is 35.9 Å². The molecule has 1 aromatic rings. The third-order valence-corrected chi connectivity index (χ3v) is 8.08. The quantitative estimate of drug-likeness (QED) is 0.444. The van der Waals surface area contributed by atoms with E-state index >= 15 is 0 Å². The summed E-state index contributed by atoms with van der Waals surface area (Å²) >= 11 is 1.79. The van der Waals surface area contributed by atoms with Gasteiger partial charge in [-0.05, 0) is 63.7 Å². The Morgan fingerprint density at radius 3 is 2.31 bits per heavy atom. The van der Waals surface area contributed by atoms with Crippen LogP contribution in [0.25, 0.3) is 0 Å². The van der Waals surface area contributed by atoms with E-state index in [2.05, 4.69) is 39.8 Å². The van der Waals surface area contributed by atoms with Crippen molar-refractivity contribution in [3.63, 3.8) is 0 Å². The molecule has 1 saturated heterocycles. The molecule has 6 nitrogen and oxygen atoms in total. The molecule has 35 heavy (non-hydrogen) atoms. The Balaban J connectivity index is 1.48. The predicted molar refractivity (Wildman–Crippen MR) is 145 cm³/mol. The minimum atomic E-state index is -0.593. The molecule has 1 atom stereocenters. The van der Waals surface area contributed by atoms with Crippen LogP contribution in [0.4, 0.5) is 4.79 Å². The summed E-state index contributed by atoms with van der Waals surface area (Å²) in [4.78, 5) is 28.1. The van der Waals surface area contributed by atoms with E-state index in [4.69, 9.17) is 4.74 Å². The maximum atomic E-state index is 13.2. The lowest BCUT2D eigenvalue weighted by Crippen LogP contribution is -2.53. The first kappa shape index (κ1) is 27.9. The van der Waals surface area contributed by atoms with E-state index in [0.29, 0.717) is 5.75 Å². The number of benzene rings is 1. The molecule has 2 N–H and O–H groups in total. The van der Waals surface area contributed by atoms with Gasteiger partial charge in [0.25, 0.3) is 0 Å². The molecule has 2 fully saturated rings. The molecule has 0 spiro atoms. The molecule has 1 saturated carbocycles. The topological polar surface area (TPSA) is 70.7 Å². The average Bonchev–Trinajstić information content (AvgIpc) is 3.08. The molecule has 1 aliphatic carbocycles. The van der Waals surface area contributed by atoms with Crippen LogP contribution in [-0.4, -0.2) is 59.2 Å². The predicted octanol–water partition coefficient (Wildman–Crippen LogP) is 5.36. The highest BCUT2D eigenvalue weighted by Gasteiger charge is 2.28. The Labute approximate surface area is 216 Å². The Kier molecular flexibility index (Phi) is 11.2. The van der Waals surface area contributed by atoms with Crippen molar-refractivity contribution in [2.45, 2.75) is 96.4 Å². The van der Waals surface area contributed by atoms with Gasteiger partial charge in [-0.25, -0.2) is 4.79 Å². The number of amides is 2. The average molecular weight is 504 g/mol. The Hall–Kier alpha value is -1.73. The second-order valence-corrected chi connectivity index (χ2v) is 12.2. The van der Waals surface area contributed by atoms with Crippen LogP contribution in [0, 0.1) is 5.92 Å².